The van der Waals surface area contributed by atoms with Gasteiger partial charge in [-0.15, -0.1) is 5.10 Å². The highest BCUT2D eigenvalue weighted by molar-refractivity contribution is 7.90. The SMILES string of the molecule is CN1CCCNC2CN(c3nc(-n4ccc(OCCC5(C(F)(F)F)CC5)n4)ccc3C(=O)NS(=O)(=O)c3cccc1n3)C(C)(C)C2. The standard InChI is InChI=1S/C30H37F3N8O4S/c1-28(2)18-20-19-40(28)26-21(27(42)38-46(43,44)25-7-4-6-22(35-25)39(3)15-5-14-34-20)8-9-23(36-26)41-16-10-24(37-41)45-17-13-29(11-12-29)30(31,32)33/h4,6-10,16,20,34H,5,11-15,17-19H2,1-3H3,(H,38,42). The first-order valence-electron chi connectivity index (χ1n) is 15.2. The van der Waals surface area contributed by atoms with Crippen LogP contribution >= 0.6 is 0 Å². The maximum atomic E-state index is 13.7. The van der Waals surface area contributed by atoms with Crippen molar-refractivity contribution in [2.75, 3.05) is 43.1 Å². The molecule has 46 heavy (non-hydrogen) atoms. The molecule has 0 radical (unpaired) electrons. The summed E-state index contributed by atoms with van der Waals surface area (Å²) >= 11 is 0. The number of fused-ring (bicyclic) bond motifs is 6. The van der Waals surface area contributed by atoms with E-state index in [0.29, 0.717) is 24.7 Å². The highest BCUT2D eigenvalue weighted by atomic mass is 32.2. The van der Waals surface area contributed by atoms with Gasteiger partial charge in [0.25, 0.3) is 15.9 Å². The summed E-state index contributed by atoms with van der Waals surface area (Å²) in [4.78, 5) is 26.6. The molecule has 4 bridgehead atoms. The number of carbonyl (C=O) groups is 1. The van der Waals surface area contributed by atoms with Crippen LogP contribution in [-0.2, 0) is 10.0 Å². The minimum atomic E-state index is -4.33. The number of nitrogens with one attached hydrogen (secondary N) is 2. The van der Waals surface area contributed by atoms with Gasteiger partial charge in [0, 0.05) is 44.0 Å². The fraction of sp³-hybridized carbons (Fsp3) is 0.533. The van der Waals surface area contributed by atoms with Gasteiger partial charge in [0.15, 0.2) is 10.8 Å². The Labute approximate surface area is 265 Å². The van der Waals surface area contributed by atoms with Crippen LogP contribution in [-0.4, -0.2) is 85.1 Å². The Balaban J connectivity index is 1.31. The van der Waals surface area contributed by atoms with E-state index in [2.05, 4.69) is 20.1 Å². The third-order valence-electron chi connectivity index (χ3n) is 9.03. The van der Waals surface area contributed by atoms with E-state index in [9.17, 15) is 26.4 Å². The van der Waals surface area contributed by atoms with Crippen LogP contribution in [0, 0.1) is 5.41 Å². The molecule has 3 aromatic heterocycles. The Morgan fingerprint density at radius 3 is 2.61 bits per heavy atom. The second-order valence-electron chi connectivity index (χ2n) is 12.8. The second-order valence-corrected chi connectivity index (χ2v) is 14.5. The van der Waals surface area contributed by atoms with Crippen molar-refractivity contribution in [1.82, 2.24) is 29.8 Å². The van der Waals surface area contributed by atoms with Gasteiger partial charge < -0.3 is 19.9 Å². The molecular formula is C30H37F3N8O4S. The third-order valence-corrected chi connectivity index (χ3v) is 10.3. The number of hydrogen-bond donors (Lipinski definition) is 2. The quantitative estimate of drug-likeness (QED) is 0.417. The van der Waals surface area contributed by atoms with Crippen LogP contribution in [0.4, 0.5) is 24.8 Å². The zero-order chi connectivity index (χ0) is 32.9. The molecule has 5 heterocycles. The fourth-order valence-electron chi connectivity index (χ4n) is 6.13. The Morgan fingerprint density at radius 2 is 1.87 bits per heavy atom. The number of rotatable bonds is 5. The van der Waals surface area contributed by atoms with E-state index in [0.717, 1.165) is 19.4 Å². The monoisotopic (exact) mass is 662 g/mol. The molecule has 1 aliphatic carbocycles. The molecule has 2 aliphatic heterocycles. The van der Waals surface area contributed by atoms with Crippen molar-refractivity contribution in [3.05, 3.63) is 48.2 Å². The highest BCUT2D eigenvalue weighted by Crippen LogP contribution is 2.59. The van der Waals surface area contributed by atoms with Crippen molar-refractivity contribution < 1.29 is 31.1 Å². The Morgan fingerprint density at radius 1 is 1.09 bits per heavy atom. The number of hydrogen-bond acceptors (Lipinski definition) is 10. The van der Waals surface area contributed by atoms with E-state index < -0.39 is 33.1 Å². The number of aromatic nitrogens is 4. The maximum Gasteiger partial charge on any atom is 0.394 e. The molecule has 1 amide bonds. The van der Waals surface area contributed by atoms with Crippen molar-refractivity contribution in [2.24, 2.45) is 5.41 Å². The molecule has 3 aliphatic rings. The number of anilines is 2. The summed E-state index contributed by atoms with van der Waals surface area (Å²) in [5.74, 6) is 0.334. The Kier molecular flexibility index (Phi) is 8.15. The number of ether oxygens (including phenoxy) is 1. The lowest BCUT2D eigenvalue weighted by atomic mass is 9.99. The summed E-state index contributed by atoms with van der Waals surface area (Å²) in [5, 5.41) is 7.67. The minimum Gasteiger partial charge on any atom is -0.477 e. The number of nitrogens with zero attached hydrogens (tertiary/aromatic N) is 6. The third kappa shape index (κ3) is 6.36. The normalized spacial score (nSPS) is 22.2. The molecule has 0 aromatic carbocycles. The van der Waals surface area contributed by atoms with Gasteiger partial charge in [-0.2, -0.15) is 21.6 Å². The molecule has 0 spiro atoms. The highest BCUT2D eigenvalue weighted by Gasteiger charge is 2.62. The molecule has 16 heteroatoms. The van der Waals surface area contributed by atoms with Crippen LogP contribution in [0.15, 0.2) is 47.6 Å². The molecule has 1 saturated heterocycles. The number of pyridine rings is 2. The average molecular weight is 663 g/mol. The van der Waals surface area contributed by atoms with E-state index >= 15 is 0 Å². The largest absolute Gasteiger partial charge is 0.477 e. The van der Waals surface area contributed by atoms with Gasteiger partial charge in [-0.05, 0) is 76.8 Å². The van der Waals surface area contributed by atoms with Crippen LogP contribution in [0.25, 0.3) is 5.82 Å². The zero-order valence-electron chi connectivity index (χ0n) is 25.8. The first kappa shape index (κ1) is 32.0. The smallest absolute Gasteiger partial charge is 0.394 e. The first-order chi connectivity index (χ1) is 21.7. The topological polar surface area (TPSA) is 135 Å². The van der Waals surface area contributed by atoms with Crippen molar-refractivity contribution in [2.45, 2.75) is 68.7 Å². The van der Waals surface area contributed by atoms with E-state index in [-0.39, 0.29) is 54.2 Å². The van der Waals surface area contributed by atoms with E-state index in [1.54, 1.807) is 18.3 Å². The lowest BCUT2D eigenvalue weighted by molar-refractivity contribution is -0.190. The predicted octanol–water partition coefficient (Wildman–Crippen LogP) is 3.68. The summed E-state index contributed by atoms with van der Waals surface area (Å²) in [6.07, 6.45) is -1.09. The molecule has 3 aromatic rings. The average Bonchev–Trinajstić information content (AvgIpc) is 3.55. The molecular weight excluding hydrogens is 625 g/mol. The first-order valence-corrected chi connectivity index (χ1v) is 16.7. The molecule has 1 saturated carbocycles. The second kappa shape index (κ2) is 11.7. The summed E-state index contributed by atoms with van der Waals surface area (Å²) in [7, 11) is -2.49. The predicted molar refractivity (Wildman–Crippen MR) is 164 cm³/mol. The number of carbonyl (C=O) groups excluding carboxylic acids is 1. The van der Waals surface area contributed by atoms with Crippen molar-refractivity contribution in [3.63, 3.8) is 0 Å². The summed E-state index contributed by atoms with van der Waals surface area (Å²) < 4.78 is 75.7. The fourth-order valence-corrected chi connectivity index (χ4v) is 7.06. The van der Waals surface area contributed by atoms with E-state index in [4.69, 9.17) is 9.72 Å². The lowest BCUT2D eigenvalue weighted by Gasteiger charge is -2.33. The number of halogens is 3. The van der Waals surface area contributed by atoms with Crippen LogP contribution < -0.4 is 24.6 Å². The van der Waals surface area contributed by atoms with Crippen LogP contribution in [0.2, 0.25) is 0 Å². The van der Waals surface area contributed by atoms with E-state index in [1.165, 1.54) is 28.9 Å². The molecule has 2 N–H and O–H groups in total. The van der Waals surface area contributed by atoms with Crippen LogP contribution in [0.5, 0.6) is 5.88 Å². The van der Waals surface area contributed by atoms with Gasteiger partial charge >= 0.3 is 6.18 Å². The van der Waals surface area contributed by atoms with Gasteiger partial charge in [0.2, 0.25) is 5.88 Å². The summed E-state index contributed by atoms with van der Waals surface area (Å²) in [6.45, 7) is 5.81. The Bertz CT molecular complexity index is 1720. The summed E-state index contributed by atoms with van der Waals surface area (Å²) in [5.41, 5.74) is -2.07. The molecule has 6 rings (SSSR count). The Hall–Kier alpha value is -3.92. The lowest BCUT2D eigenvalue weighted by Crippen LogP contribution is -2.41. The number of sulfonamides is 1. The van der Waals surface area contributed by atoms with E-state index in [1.807, 2.05) is 30.7 Å². The van der Waals surface area contributed by atoms with Crippen molar-refractivity contribution >= 4 is 27.6 Å². The van der Waals surface area contributed by atoms with Crippen molar-refractivity contribution in [1.29, 1.82) is 0 Å². The van der Waals surface area contributed by atoms with Gasteiger partial charge in [0.05, 0.1) is 17.6 Å². The molecule has 1 atom stereocenters. The molecule has 1 unspecified atom stereocenters. The van der Waals surface area contributed by atoms with Crippen molar-refractivity contribution in [3.8, 4) is 11.7 Å². The van der Waals surface area contributed by atoms with Crippen LogP contribution in [0.3, 0.4) is 0 Å². The molecule has 2 fully saturated rings. The molecule has 248 valence electrons. The summed E-state index contributed by atoms with van der Waals surface area (Å²) in [6, 6.07) is 9.25. The maximum absolute atomic E-state index is 13.7. The van der Waals surface area contributed by atoms with Gasteiger partial charge in [-0.3, -0.25) is 4.79 Å². The van der Waals surface area contributed by atoms with Gasteiger partial charge in [-0.1, -0.05) is 6.07 Å². The van der Waals surface area contributed by atoms with Gasteiger partial charge in [0.1, 0.15) is 11.6 Å². The van der Waals surface area contributed by atoms with Crippen LogP contribution in [0.1, 0.15) is 56.3 Å². The number of alkyl halides is 3. The minimum absolute atomic E-state index is 0.0481. The molecule has 12 nitrogen and oxygen atoms in total. The number of amides is 1. The zero-order valence-corrected chi connectivity index (χ0v) is 26.7. The van der Waals surface area contributed by atoms with Gasteiger partial charge in [-0.25, -0.2) is 19.4 Å².